The summed E-state index contributed by atoms with van der Waals surface area (Å²) in [6.07, 6.45) is 1.96. The third kappa shape index (κ3) is 2.90. The van der Waals surface area contributed by atoms with Crippen LogP contribution in [-0.2, 0) is 0 Å². The van der Waals surface area contributed by atoms with Crippen LogP contribution in [0, 0.1) is 0 Å². The molecule has 0 saturated heterocycles. The molecule has 0 saturated carbocycles. The van der Waals surface area contributed by atoms with Crippen molar-refractivity contribution in [2.45, 2.75) is 4.90 Å². The van der Waals surface area contributed by atoms with Gasteiger partial charge in [-0.05, 0) is 24.5 Å². The Hall–Kier alpha value is -1.25. The molecule has 0 aromatic heterocycles. The molecule has 2 aromatic carbocycles. The second-order valence-corrected chi connectivity index (χ2v) is 4.89. The van der Waals surface area contributed by atoms with Gasteiger partial charge in [0.05, 0.1) is 0 Å². The summed E-state index contributed by atoms with van der Waals surface area (Å²) in [5.74, 6) is 0.00315. The molecule has 0 aliphatic carbocycles. The van der Waals surface area contributed by atoms with Crippen LogP contribution in [0.3, 0.4) is 0 Å². The lowest BCUT2D eigenvalue weighted by atomic mass is 10.0. The second-order valence-electron chi connectivity index (χ2n) is 3.57. The zero-order chi connectivity index (χ0) is 12.3. The molecular formula is C14H11ClOS. The summed E-state index contributed by atoms with van der Waals surface area (Å²) in [6.45, 7) is 0. The first kappa shape index (κ1) is 12.2. The fraction of sp³-hybridized carbons (Fsp3) is 0.0714. The lowest BCUT2D eigenvalue weighted by Crippen LogP contribution is -2.01. The number of thioether (sulfide) groups is 1. The predicted octanol–water partition coefficient (Wildman–Crippen LogP) is 4.29. The van der Waals surface area contributed by atoms with Crippen molar-refractivity contribution >= 4 is 29.1 Å². The van der Waals surface area contributed by atoms with E-state index >= 15 is 0 Å². The summed E-state index contributed by atoms with van der Waals surface area (Å²) in [4.78, 5) is 13.2. The van der Waals surface area contributed by atoms with Crippen LogP contribution < -0.4 is 0 Å². The topological polar surface area (TPSA) is 17.1 Å². The third-order valence-corrected chi connectivity index (χ3v) is 3.33. The van der Waals surface area contributed by atoms with Crippen LogP contribution in [0.15, 0.2) is 53.4 Å². The van der Waals surface area contributed by atoms with Crippen LogP contribution in [0.2, 0.25) is 5.02 Å². The van der Waals surface area contributed by atoms with Gasteiger partial charge in [0.25, 0.3) is 0 Å². The highest BCUT2D eigenvalue weighted by atomic mass is 35.5. The molecule has 0 amide bonds. The molecule has 0 aliphatic rings. The van der Waals surface area contributed by atoms with Gasteiger partial charge in [-0.2, -0.15) is 0 Å². The number of ketones is 1. The Morgan fingerprint density at radius 2 is 1.76 bits per heavy atom. The van der Waals surface area contributed by atoms with Crippen LogP contribution >= 0.6 is 23.4 Å². The number of hydrogen-bond acceptors (Lipinski definition) is 2. The van der Waals surface area contributed by atoms with Gasteiger partial charge in [0, 0.05) is 21.0 Å². The summed E-state index contributed by atoms with van der Waals surface area (Å²) in [5, 5.41) is 0.594. The van der Waals surface area contributed by atoms with E-state index in [1.54, 1.807) is 17.8 Å². The van der Waals surface area contributed by atoms with E-state index in [-0.39, 0.29) is 5.78 Å². The maximum atomic E-state index is 12.2. The molecule has 0 radical (unpaired) electrons. The van der Waals surface area contributed by atoms with Crippen LogP contribution in [0.4, 0.5) is 0 Å². The highest BCUT2D eigenvalue weighted by molar-refractivity contribution is 7.98. The Kier molecular flexibility index (Phi) is 3.87. The Morgan fingerprint density at radius 1 is 1.06 bits per heavy atom. The van der Waals surface area contributed by atoms with Crippen molar-refractivity contribution in [1.82, 2.24) is 0 Å². The van der Waals surface area contributed by atoms with Gasteiger partial charge in [0.1, 0.15) is 0 Å². The SMILES string of the molecule is CSc1cc(Cl)cc(C(=O)c2ccccc2)c1. The quantitative estimate of drug-likeness (QED) is 0.606. The van der Waals surface area contributed by atoms with Crippen molar-refractivity contribution in [2.75, 3.05) is 6.26 Å². The number of carbonyl (C=O) groups excluding carboxylic acids is 1. The number of benzene rings is 2. The molecule has 0 bridgehead atoms. The summed E-state index contributed by atoms with van der Waals surface area (Å²) in [6, 6.07) is 14.6. The second kappa shape index (κ2) is 5.39. The van der Waals surface area contributed by atoms with Crippen molar-refractivity contribution in [2.24, 2.45) is 0 Å². The standard InChI is InChI=1S/C14H11ClOS/c1-17-13-8-11(7-12(15)9-13)14(16)10-5-3-2-4-6-10/h2-9H,1H3. The van der Waals surface area contributed by atoms with Gasteiger partial charge in [0.2, 0.25) is 0 Å². The van der Waals surface area contributed by atoms with E-state index in [0.717, 1.165) is 4.90 Å². The monoisotopic (exact) mass is 262 g/mol. The zero-order valence-corrected chi connectivity index (χ0v) is 10.9. The molecule has 0 heterocycles. The van der Waals surface area contributed by atoms with Gasteiger partial charge < -0.3 is 0 Å². The predicted molar refractivity (Wildman–Crippen MR) is 73.1 cm³/mol. The maximum Gasteiger partial charge on any atom is 0.193 e. The van der Waals surface area contributed by atoms with E-state index in [9.17, 15) is 4.79 Å². The van der Waals surface area contributed by atoms with Crippen LogP contribution in [0.25, 0.3) is 0 Å². The molecule has 1 nitrogen and oxygen atoms in total. The van der Waals surface area contributed by atoms with Gasteiger partial charge in [-0.15, -0.1) is 11.8 Å². The first-order valence-corrected chi connectivity index (χ1v) is 6.75. The Balaban J connectivity index is 2.41. The van der Waals surface area contributed by atoms with Gasteiger partial charge >= 0.3 is 0 Å². The first-order chi connectivity index (χ1) is 8.20. The van der Waals surface area contributed by atoms with Crippen LogP contribution in [-0.4, -0.2) is 12.0 Å². The molecule has 0 aliphatic heterocycles. The zero-order valence-electron chi connectivity index (χ0n) is 9.31. The molecule has 0 fully saturated rings. The van der Waals surface area contributed by atoms with Crippen molar-refractivity contribution < 1.29 is 4.79 Å². The number of rotatable bonds is 3. The van der Waals surface area contributed by atoms with Crippen LogP contribution in [0.5, 0.6) is 0 Å². The molecule has 0 spiro atoms. The minimum absolute atomic E-state index is 0.00315. The summed E-state index contributed by atoms with van der Waals surface area (Å²) in [5.41, 5.74) is 1.31. The van der Waals surface area contributed by atoms with E-state index in [4.69, 9.17) is 11.6 Å². The summed E-state index contributed by atoms with van der Waals surface area (Å²) >= 11 is 7.57. The Morgan fingerprint density at radius 3 is 2.41 bits per heavy atom. The number of halogens is 1. The van der Waals surface area contributed by atoms with Gasteiger partial charge in [-0.1, -0.05) is 41.9 Å². The van der Waals surface area contributed by atoms with Gasteiger partial charge in [0.15, 0.2) is 5.78 Å². The molecule has 17 heavy (non-hydrogen) atoms. The van der Waals surface area contributed by atoms with E-state index < -0.39 is 0 Å². The minimum Gasteiger partial charge on any atom is -0.289 e. The average molecular weight is 263 g/mol. The number of carbonyl (C=O) groups is 1. The first-order valence-electron chi connectivity index (χ1n) is 5.15. The lowest BCUT2D eigenvalue weighted by molar-refractivity contribution is 0.103. The van der Waals surface area contributed by atoms with Crippen molar-refractivity contribution in [3.63, 3.8) is 0 Å². The third-order valence-electron chi connectivity index (χ3n) is 2.41. The van der Waals surface area contributed by atoms with Crippen molar-refractivity contribution in [3.05, 3.63) is 64.7 Å². The molecule has 0 N–H and O–H groups in total. The molecule has 0 unspecified atom stereocenters. The summed E-state index contributed by atoms with van der Waals surface area (Å²) < 4.78 is 0. The van der Waals surface area contributed by atoms with Crippen LogP contribution in [0.1, 0.15) is 15.9 Å². The van der Waals surface area contributed by atoms with Crippen molar-refractivity contribution in [1.29, 1.82) is 0 Å². The molecule has 3 heteroatoms. The summed E-state index contributed by atoms with van der Waals surface area (Å²) in [7, 11) is 0. The van der Waals surface area contributed by atoms with E-state index in [2.05, 4.69) is 0 Å². The Bertz CT molecular complexity index is 537. The normalized spacial score (nSPS) is 10.2. The highest BCUT2D eigenvalue weighted by Crippen LogP contribution is 2.23. The van der Waals surface area contributed by atoms with E-state index in [0.29, 0.717) is 16.1 Å². The van der Waals surface area contributed by atoms with E-state index in [1.807, 2.05) is 48.7 Å². The molecule has 86 valence electrons. The fourth-order valence-corrected chi connectivity index (χ4v) is 2.36. The lowest BCUT2D eigenvalue weighted by Gasteiger charge is -2.04. The molecule has 2 rings (SSSR count). The molecular weight excluding hydrogens is 252 g/mol. The maximum absolute atomic E-state index is 12.2. The largest absolute Gasteiger partial charge is 0.289 e. The van der Waals surface area contributed by atoms with Gasteiger partial charge in [-0.3, -0.25) is 4.79 Å². The molecule has 2 aromatic rings. The Labute approximate surface area is 110 Å². The smallest absolute Gasteiger partial charge is 0.193 e. The molecule has 0 atom stereocenters. The highest BCUT2D eigenvalue weighted by Gasteiger charge is 2.10. The van der Waals surface area contributed by atoms with Crippen molar-refractivity contribution in [3.8, 4) is 0 Å². The average Bonchev–Trinajstić information content (AvgIpc) is 2.38. The van der Waals surface area contributed by atoms with Gasteiger partial charge in [-0.25, -0.2) is 0 Å². The number of hydrogen-bond donors (Lipinski definition) is 0. The minimum atomic E-state index is 0.00315. The van der Waals surface area contributed by atoms with E-state index in [1.165, 1.54) is 0 Å². The fourth-order valence-electron chi connectivity index (χ4n) is 1.57.